The van der Waals surface area contributed by atoms with Crippen LogP contribution in [0.15, 0.2) is 40.9 Å². The number of benzene rings is 2. The van der Waals surface area contributed by atoms with E-state index in [2.05, 4.69) is 21.2 Å². The Morgan fingerprint density at radius 2 is 2.04 bits per heavy atom. The fourth-order valence-electron chi connectivity index (χ4n) is 3.28. The lowest BCUT2D eigenvalue weighted by Crippen LogP contribution is -2.50. The molecule has 8 heteroatoms. The number of nitrogens with zero attached hydrogens (tertiary/aromatic N) is 2. The molecule has 3 rings (SSSR count). The molecule has 0 aromatic heterocycles. The molecular weight excluding hydrogens is 414 g/mol. The number of nitrogens with one attached hydrogen (secondary N) is 1. The second-order valence-electron chi connectivity index (χ2n) is 6.15. The number of hydrogen-bond donors (Lipinski definition) is 2. The van der Waals surface area contributed by atoms with Crippen molar-refractivity contribution in [1.29, 1.82) is 0 Å². The van der Waals surface area contributed by atoms with Gasteiger partial charge in [-0.25, -0.2) is 0 Å². The average molecular weight is 434 g/mol. The van der Waals surface area contributed by atoms with Crippen molar-refractivity contribution in [2.45, 2.75) is 6.17 Å². The number of halogens is 1. The molecule has 2 amide bonds. The molecule has 0 saturated heterocycles. The van der Waals surface area contributed by atoms with E-state index < -0.39 is 6.17 Å². The number of phenols is 1. The quantitative estimate of drug-likeness (QED) is 0.773. The molecular formula is C19H20BrN3O4. The van der Waals surface area contributed by atoms with Gasteiger partial charge in [0.05, 0.1) is 24.9 Å². The highest BCUT2D eigenvalue weighted by atomic mass is 79.9. The highest BCUT2D eigenvalue weighted by molar-refractivity contribution is 9.10. The Balaban J connectivity index is 2.22. The van der Waals surface area contributed by atoms with Gasteiger partial charge in [-0.1, -0.05) is 28.1 Å². The van der Waals surface area contributed by atoms with Crippen molar-refractivity contribution in [3.63, 3.8) is 0 Å². The Labute approximate surface area is 165 Å². The molecule has 0 radical (unpaired) electrons. The molecule has 0 spiro atoms. The predicted octanol–water partition coefficient (Wildman–Crippen LogP) is 2.50. The van der Waals surface area contributed by atoms with E-state index in [0.717, 1.165) is 0 Å². The van der Waals surface area contributed by atoms with Crippen molar-refractivity contribution >= 4 is 33.4 Å². The SMILES string of the molecule is CNC(=O)CN1c2ccccc2C(=O)N(C)C1c1cc(Br)cc(OC)c1O. The zero-order chi connectivity index (χ0) is 19.7. The van der Waals surface area contributed by atoms with Gasteiger partial charge >= 0.3 is 0 Å². The molecule has 0 fully saturated rings. The van der Waals surface area contributed by atoms with Crippen LogP contribution in [-0.2, 0) is 4.79 Å². The summed E-state index contributed by atoms with van der Waals surface area (Å²) in [5, 5.41) is 13.3. The smallest absolute Gasteiger partial charge is 0.257 e. The van der Waals surface area contributed by atoms with Crippen molar-refractivity contribution in [3.05, 3.63) is 52.0 Å². The summed E-state index contributed by atoms with van der Waals surface area (Å²) in [5.74, 6) is -0.202. The molecule has 142 valence electrons. The second kappa shape index (κ2) is 7.48. The maximum Gasteiger partial charge on any atom is 0.257 e. The van der Waals surface area contributed by atoms with E-state index in [-0.39, 0.29) is 29.9 Å². The molecule has 27 heavy (non-hydrogen) atoms. The third-order valence-corrected chi connectivity index (χ3v) is 5.04. The Morgan fingerprint density at radius 3 is 2.70 bits per heavy atom. The average Bonchev–Trinajstić information content (AvgIpc) is 2.67. The number of ether oxygens (including phenoxy) is 1. The number of carbonyl (C=O) groups is 2. The largest absolute Gasteiger partial charge is 0.504 e. The highest BCUT2D eigenvalue weighted by Crippen LogP contribution is 2.44. The first-order valence-corrected chi connectivity index (χ1v) is 9.08. The summed E-state index contributed by atoms with van der Waals surface area (Å²) in [4.78, 5) is 28.4. The topological polar surface area (TPSA) is 82.1 Å². The summed E-state index contributed by atoms with van der Waals surface area (Å²) in [6.07, 6.45) is -0.684. The number of methoxy groups -OCH3 is 1. The van der Waals surface area contributed by atoms with E-state index in [1.165, 1.54) is 12.0 Å². The molecule has 0 bridgehead atoms. The fourth-order valence-corrected chi connectivity index (χ4v) is 3.73. The van der Waals surface area contributed by atoms with Gasteiger partial charge in [-0.15, -0.1) is 0 Å². The van der Waals surface area contributed by atoms with Crippen LogP contribution in [0.2, 0.25) is 0 Å². The van der Waals surface area contributed by atoms with Gasteiger partial charge in [0.15, 0.2) is 11.5 Å². The maximum absolute atomic E-state index is 12.9. The minimum atomic E-state index is -0.684. The highest BCUT2D eigenvalue weighted by Gasteiger charge is 2.39. The van der Waals surface area contributed by atoms with Crippen molar-refractivity contribution in [3.8, 4) is 11.5 Å². The zero-order valence-corrected chi connectivity index (χ0v) is 16.8. The molecule has 0 aliphatic carbocycles. The van der Waals surface area contributed by atoms with Crippen LogP contribution in [0.5, 0.6) is 11.5 Å². The van der Waals surface area contributed by atoms with Crippen molar-refractivity contribution < 1.29 is 19.4 Å². The Bertz CT molecular complexity index is 903. The van der Waals surface area contributed by atoms with Crippen molar-refractivity contribution in [2.75, 3.05) is 32.6 Å². The van der Waals surface area contributed by atoms with E-state index in [1.54, 1.807) is 49.3 Å². The lowest BCUT2D eigenvalue weighted by Gasteiger charge is -2.44. The van der Waals surface area contributed by atoms with Crippen LogP contribution in [0.3, 0.4) is 0 Å². The van der Waals surface area contributed by atoms with Gasteiger partial charge in [-0.2, -0.15) is 0 Å². The van der Waals surface area contributed by atoms with Crippen LogP contribution in [0.25, 0.3) is 0 Å². The van der Waals surface area contributed by atoms with Crippen LogP contribution in [0.1, 0.15) is 22.1 Å². The van der Waals surface area contributed by atoms with E-state index in [1.807, 2.05) is 6.07 Å². The number of anilines is 1. The van der Waals surface area contributed by atoms with Gasteiger partial charge in [-0.3, -0.25) is 9.59 Å². The minimum absolute atomic E-state index is 0.0179. The molecule has 1 aliphatic heterocycles. The molecule has 1 atom stereocenters. The zero-order valence-electron chi connectivity index (χ0n) is 15.2. The standard InChI is InChI=1S/C19H20BrN3O4/c1-21-16(24)10-23-14-7-5-4-6-12(14)19(26)22(2)18(23)13-8-11(20)9-15(27-3)17(13)25/h4-9,18,25H,10H2,1-3H3,(H,21,24). The van der Waals surface area contributed by atoms with Gasteiger partial charge in [-0.05, 0) is 24.3 Å². The molecule has 1 heterocycles. The maximum atomic E-state index is 12.9. The third kappa shape index (κ3) is 3.32. The summed E-state index contributed by atoms with van der Waals surface area (Å²) in [6.45, 7) is 0.0179. The summed E-state index contributed by atoms with van der Waals surface area (Å²) in [5.41, 5.74) is 1.59. The minimum Gasteiger partial charge on any atom is -0.504 e. The molecule has 0 saturated carbocycles. The number of hydrogen-bond acceptors (Lipinski definition) is 5. The van der Waals surface area contributed by atoms with Crippen LogP contribution >= 0.6 is 15.9 Å². The van der Waals surface area contributed by atoms with Gasteiger partial charge in [0.25, 0.3) is 5.91 Å². The molecule has 2 aromatic carbocycles. The van der Waals surface area contributed by atoms with Gasteiger partial charge in [0, 0.05) is 24.1 Å². The summed E-state index contributed by atoms with van der Waals surface area (Å²) < 4.78 is 5.93. The normalized spacial score (nSPS) is 16.1. The van der Waals surface area contributed by atoms with Crippen LogP contribution < -0.4 is 15.0 Å². The first kappa shape index (κ1) is 19.0. The monoisotopic (exact) mass is 433 g/mol. The lowest BCUT2D eigenvalue weighted by molar-refractivity contribution is -0.119. The van der Waals surface area contributed by atoms with E-state index in [4.69, 9.17) is 4.74 Å². The van der Waals surface area contributed by atoms with Crippen molar-refractivity contribution in [2.24, 2.45) is 0 Å². The number of rotatable bonds is 4. The fraction of sp³-hybridized carbons (Fsp3) is 0.263. The van der Waals surface area contributed by atoms with Crippen LogP contribution in [-0.4, -0.2) is 49.6 Å². The molecule has 7 nitrogen and oxygen atoms in total. The third-order valence-electron chi connectivity index (χ3n) is 4.59. The Morgan fingerprint density at radius 1 is 1.33 bits per heavy atom. The van der Waals surface area contributed by atoms with E-state index in [0.29, 0.717) is 21.3 Å². The summed E-state index contributed by atoms with van der Waals surface area (Å²) in [7, 11) is 4.66. The summed E-state index contributed by atoms with van der Waals surface area (Å²) in [6, 6.07) is 10.5. The summed E-state index contributed by atoms with van der Waals surface area (Å²) >= 11 is 3.41. The predicted molar refractivity (Wildman–Crippen MR) is 105 cm³/mol. The van der Waals surface area contributed by atoms with Gasteiger partial charge in [0.2, 0.25) is 5.91 Å². The van der Waals surface area contributed by atoms with E-state index in [9.17, 15) is 14.7 Å². The molecule has 1 aliphatic rings. The first-order valence-electron chi connectivity index (χ1n) is 8.28. The number of carbonyl (C=O) groups excluding carboxylic acids is 2. The number of aromatic hydroxyl groups is 1. The van der Waals surface area contributed by atoms with Crippen LogP contribution in [0.4, 0.5) is 5.69 Å². The first-order chi connectivity index (χ1) is 12.9. The van der Waals surface area contributed by atoms with E-state index >= 15 is 0 Å². The lowest BCUT2D eigenvalue weighted by atomic mass is 10.0. The van der Waals surface area contributed by atoms with Gasteiger partial charge in [0.1, 0.15) is 6.17 Å². The van der Waals surface area contributed by atoms with Gasteiger partial charge < -0.3 is 25.0 Å². The molecule has 1 unspecified atom stereocenters. The Kier molecular flexibility index (Phi) is 5.27. The van der Waals surface area contributed by atoms with Crippen molar-refractivity contribution in [1.82, 2.24) is 10.2 Å². The number of likely N-dealkylation sites (N-methyl/N-ethyl adjacent to an activating group) is 1. The molecule has 2 N–H and O–H groups in total. The second-order valence-corrected chi connectivity index (χ2v) is 7.07. The number of para-hydroxylation sites is 1. The Hall–Kier alpha value is -2.74. The molecule has 2 aromatic rings. The number of phenolic OH excluding ortho intramolecular Hbond substituents is 1. The van der Waals surface area contributed by atoms with Crippen LogP contribution in [0, 0.1) is 0 Å². The number of amides is 2. The number of fused-ring (bicyclic) bond motifs is 1.